The lowest BCUT2D eigenvalue weighted by Gasteiger charge is -2.42. The number of carbonyl (C=O) groups is 2. The van der Waals surface area contributed by atoms with Gasteiger partial charge in [0.25, 0.3) is 0 Å². The number of alkyl carbamates (subject to hydrolysis) is 1. The van der Waals surface area contributed by atoms with E-state index in [4.69, 9.17) is 4.74 Å². The molecule has 0 aliphatic carbocycles. The summed E-state index contributed by atoms with van der Waals surface area (Å²) in [7, 11) is -3.36. The van der Waals surface area contributed by atoms with Crippen LogP contribution in [0.2, 0.25) is 0 Å². The fourth-order valence-corrected chi connectivity index (χ4v) is 10.3. The normalized spacial score (nSPS) is 23.2. The van der Waals surface area contributed by atoms with Crippen LogP contribution in [0.1, 0.15) is 51.5 Å². The number of β-amino-alcohol motifs (C(OH)–C–C–N with tert-alkyl or cyclic N) is 1. The van der Waals surface area contributed by atoms with Crippen molar-refractivity contribution in [3.05, 3.63) is 71.1 Å². The Morgan fingerprint density at radius 1 is 1.06 bits per heavy atom. The van der Waals surface area contributed by atoms with Crippen LogP contribution in [0.5, 0.6) is 0 Å². The molecule has 2 aliphatic rings. The van der Waals surface area contributed by atoms with Crippen molar-refractivity contribution in [2.75, 3.05) is 31.9 Å². The zero-order valence-electron chi connectivity index (χ0n) is 28.6. The summed E-state index contributed by atoms with van der Waals surface area (Å²) in [6, 6.07) is 18.8. The highest BCUT2D eigenvalue weighted by molar-refractivity contribution is 7.92. The number of fused-ring (bicyclic) bond motifs is 1. The molecule has 0 radical (unpaired) electrons. The summed E-state index contributed by atoms with van der Waals surface area (Å²) in [5.41, 5.74) is 0.484. The lowest BCUT2D eigenvalue weighted by molar-refractivity contribution is -0.131. The maximum atomic E-state index is 13.7. The minimum atomic E-state index is -3.36. The quantitative estimate of drug-likeness (QED) is 0.272. The predicted octanol–water partition coefficient (Wildman–Crippen LogP) is 4.21. The molecule has 5 rings (SSSR count). The molecule has 2 aliphatic heterocycles. The van der Waals surface area contributed by atoms with Crippen LogP contribution in [-0.2, 0) is 32.3 Å². The van der Waals surface area contributed by atoms with E-state index in [1.807, 2.05) is 82.0 Å². The van der Waals surface area contributed by atoms with E-state index >= 15 is 0 Å². The molecule has 5 atom stereocenters. The number of amides is 2. The number of piperazine rings is 1. The average molecular weight is 699 g/mol. The number of hydrogen-bond acceptors (Lipinski definition) is 9. The Kier molecular flexibility index (Phi) is 11.5. The topological polar surface area (TPSA) is 128 Å². The summed E-state index contributed by atoms with van der Waals surface area (Å²) in [5.74, 6) is -0.323. The van der Waals surface area contributed by atoms with Crippen molar-refractivity contribution >= 4 is 43.3 Å². The fraction of sp³-hybridized carbons (Fsp3) is 0.556. The number of aliphatic hydroxyl groups excluding tert-OH is 1. The molecule has 1 aromatic heterocycles. The van der Waals surface area contributed by atoms with E-state index in [-0.39, 0.29) is 30.5 Å². The number of rotatable bonds is 11. The second kappa shape index (κ2) is 15.2. The number of benzene rings is 2. The van der Waals surface area contributed by atoms with Gasteiger partial charge in [0.15, 0.2) is 9.84 Å². The lowest BCUT2D eigenvalue weighted by atomic mass is 9.99. The molecule has 2 saturated heterocycles. The lowest BCUT2D eigenvalue weighted by Crippen LogP contribution is -2.63. The second-order valence-electron chi connectivity index (χ2n) is 14.6. The van der Waals surface area contributed by atoms with Gasteiger partial charge in [0, 0.05) is 47.8 Å². The molecule has 0 spiro atoms. The van der Waals surface area contributed by atoms with E-state index < -0.39 is 51.0 Å². The first-order chi connectivity index (χ1) is 22.7. The number of sulfone groups is 1. The summed E-state index contributed by atoms with van der Waals surface area (Å²) >= 11 is 1.76. The van der Waals surface area contributed by atoms with Crippen LogP contribution in [0.3, 0.4) is 0 Å². The molecule has 0 unspecified atom stereocenters. The van der Waals surface area contributed by atoms with Gasteiger partial charge in [-0.05, 0) is 62.6 Å². The van der Waals surface area contributed by atoms with Crippen LogP contribution < -0.4 is 10.6 Å². The van der Waals surface area contributed by atoms with Crippen molar-refractivity contribution in [1.29, 1.82) is 0 Å². The molecule has 0 saturated carbocycles. The molecular formula is C36H50N4O6S2. The van der Waals surface area contributed by atoms with Gasteiger partial charge in [-0.25, -0.2) is 13.2 Å². The smallest absolute Gasteiger partial charge is 0.407 e. The predicted molar refractivity (Wildman–Crippen MR) is 191 cm³/mol. The number of ether oxygens (including phenoxy) is 1. The fourth-order valence-electron chi connectivity index (χ4n) is 6.90. The van der Waals surface area contributed by atoms with Crippen LogP contribution in [0, 0.1) is 5.92 Å². The van der Waals surface area contributed by atoms with Gasteiger partial charge in [-0.2, -0.15) is 0 Å². The monoisotopic (exact) mass is 698 g/mol. The molecule has 0 bridgehead atoms. The number of aliphatic hydroxyl groups is 1. The Balaban J connectivity index is 1.30. The van der Waals surface area contributed by atoms with Gasteiger partial charge in [-0.15, -0.1) is 11.3 Å². The maximum absolute atomic E-state index is 13.7. The standard InChI is InChI=1S/C36H50N4O6S2/c1-24(2)33-31(15-18-48(33,44)45)46-35(43)37-28(19-25-11-7-6-8-12-25)30(41)23-40-17-16-39(22-29(40)34(42)38-36(3,4)5)21-27-20-26-13-9-10-14-32(26)47-27/h6-14,20,24,28-31,33,41H,15-19,21-23H2,1-5H3,(H,37,43)(H,38,42)/t28-,29-,30+,31+,33+/m0/s1. The number of thiophene rings is 1. The zero-order valence-corrected chi connectivity index (χ0v) is 30.2. The van der Waals surface area contributed by atoms with Crippen molar-refractivity contribution in [3.8, 4) is 0 Å². The van der Waals surface area contributed by atoms with E-state index in [1.165, 1.54) is 15.0 Å². The van der Waals surface area contributed by atoms with Gasteiger partial charge in [-0.3, -0.25) is 14.6 Å². The molecular weight excluding hydrogens is 649 g/mol. The van der Waals surface area contributed by atoms with Crippen molar-refractivity contribution < 1.29 is 27.9 Å². The number of nitrogens with zero attached hydrogens (tertiary/aromatic N) is 2. The number of nitrogens with one attached hydrogen (secondary N) is 2. The summed E-state index contributed by atoms with van der Waals surface area (Å²) < 4.78 is 32.2. The summed E-state index contributed by atoms with van der Waals surface area (Å²) in [4.78, 5) is 32.5. The first-order valence-electron chi connectivity index (χ1n) is 16.8. The molecule has 262 valence electrons. The summed E-state index contributed by atoms with van der Waals surface area (Å²) in [6.45, 7) is 12.1. The van der Waals surface area contributed by atoms with E-state index in [2.05, 4.69) is 33.7 Å². The van der Waals surface area contributed by atoms with Crippen molar-refractivity contribution in [3.63, 3.8) is 0 Å². The van der Waals surface area contributed by atoms with Crippen LogP contribution in [0.25, 0.3) is 10.1 Å². The zero-order chi connectivity index (χ0) is 34.6. The SMILES string of the molecule is CC(C)[C@@H]1[C@H](OC(=O)N[C@@H](Cc2ccccc2)[C@H](O)CN2CCN(Cc3cc4ccccc4s3)C[C@H]2C(=O)NC(C)(C)C)CCS1(=O)=O. The molecule has 2 amide bonds. The van der Waals surface area contributed by atoms with E-state index in [0.717, 1.165) is 12.1 Å². The van der Waals surface area contributed by atoms with Gasteiger partial charge in [-0.1, -0.05) is 62.4 Å². The van der Waals surface area contributed by atoms with Crippen molar-refractivity contribution in [1.82, 2.24) is 20.4 Å². The number of carbonyl (C=O) groups excluding carboxylic acids is 2. The molecule has 12 heteroatoms. The highest BCUT2D eigenvalue weighted by atomic mass is 32.2. The first-order valence-corrected chi connectivity index (χ1v) is 19.4. The van der Waals surface area contributed by atoms with Crippen LogP contribution >= 0.6 is 11.3 Å². The van der Waals surface area contributed by atoms with Crippen LogP contribution in [0.4, 0.5) is 4.79 Å². The minimum absolute atomic E-state index is 0.0171. The maximum Gasteiger partial charge on any atom is 0.407 e. The van der Waals surface area contributed by atoms with Gasteiger partial charge in [0.05, 0.1) is 17.9 Å². The Morgan fingerprint density at radius 3 is 2.46 bits per heavy atom. The van der Waals surface area contributed by atoms with Crippen LogP contribution in [0.15, 0.2) is 60.7 Å². The highest BCUT2D eigenvalue weighted by Crippen LogP contribution is 2.30. The van der Waals surface area contributed by atoms with E-state index in [0.29, 0.717) is 26.1 Å². The van der Waals surface area contributed by atoms with E-state index in [1.54, 1.807) is 11.3 Å². The highest BCUT2D eigenvalue weighted by Gasteiger charge is 2.45. The Bertz CT molecular complexity index is 1620. The van der Waals surface area contributed by atoms with Gasteiger partial charge in [0.1, 0.15) is 17.4 Å². The Hall–Kier alpha value is -3.03. The second-order valence-corrected chi connectivity index (χ2v) is 18.0. The molecule has 2 fully saturated rings. The first kappa shape index (κ1) is 36.3. The van der Waals surface area contributed by atoms with E-state index in [9.17, 15) is 23.1 Å². The average Bonchev–Trinajstić information content (AvgIpc) is 3.55. The van der Waals surface area contributed by atoms with Crippen molar-refractivity contribution in [2.45, 2.75) is 89.1 Å². The molecule has 10 nitrogen and oxygen atoms in total. The summed E-state index contributed by atoms with van der Waals surface area (Å²) in [5, 5.41) is 18.2. The summed E-state index contributed by atoms with van der Waals surface area (Å²) in [6.07, 6.45) is -1.95. The van der Waals surface area contributed by atoms with Crippen molar-refractivity contribution in [2.24, 2.45) is 5.92 Å². The third-order valence-electron chi connectivity index (χ3n) is 9.10. The third-order valence-corrected chi connectivity index (χ3v) is 12.7. The minimum Gasteiger partial charge on any atom is -0.445 e. The number of hydrogen-bond donors (Lipinski definition) is 3. The largest absolute Gasteiger partial charge is 0.445 e. The van der Waals surface area contributed by atoms with Gasteiger partial charge >= 0.3 is 6.09 Å². The van der Waals surface area contributed by atoms with Crippen LogP contribution in [-0.4, -0.2) is 102 Å². The molecule has 3 aromatic rings. The third kappa shape index (κ3) is 9.35. The Morgan fingerprint density at radius 2 is 1.77 bits per heavy atom. The molecule has 3 N–H and O–H groups in total. The molecule has 48 heavy (non-hydrogen) atoms. The van der Waals surface area contributed by atoms with Gasteiger partial charge in [0.2, 0.25) is 5.91 Å². The molecule has 2 aromatic carbocycles. The molecule has 3 heterocycles. The van der Waals surface area contributed by atoms with Gasteiger partial charge < -0.3 is 20.5 Å². The Labute approximate surface area is 288 Å².